The predicted molar refractivity (Wildman–Crippen MR) is 50.1 cm³/mol. The Kier molecular flexibility index (Phi) is 1.87. The zero-order valence-corrected chi connectivity index (χ0v) is 7.82. The van der Waals surface area contributed by atoms with Crippen molar-refractivity contribution in [3.05, 3.63) is 17.2 Å². The molecule has 0 aromatic carbocycles. The van der Waals surface area contributed by atoms with Gasteiger partial charge in [0.25, 0.3) is 0 Å². The second-order valence-corrected chi connectivity index (χ2v) is 3.51. The molecule has 1 aromatic heterocycles. The molecule has 74 valence electrons. The van der Waals surface area contributed by atoms with Gasteiger partial charge >= 0.3 is 5.97 Å². The number of anilines is 1. The highest BCUT2D eigenvalue weighted by atomic mass is 16.4. The summed E-state index contributed by atoms with van der Waals surface area (Å²) >= 11 is 0. The number of aromatic carboxylic acids is 1. The van der Waals surface area contributed by atoms with E-state index in [0.717, 1.165) is 12.8 Å². The first-order chi connectivity index (χ1) is 6.59. The Balaban J connectivity index is 2.51. The lowest BCUT2D eigenvalue weighted by Gasteiger charge is -2.05. The second kappa shape index (κ2) is 2.94. The fraction of sp³-hybridized carbons (Fsp3) is 0.444. The van der Waals surface area contributed by atoms with Crippen LogP contribution in [0.3, 0.4) is 0 Å². The number of nitrogen functional groups attached to an aromatic ring is 1. The summed E-state index contributed by atoms with van der Waals surface area (Å²) in [6.07, 6.45) is 2.09. The molecule has 1 fully saturated rings. The van der Waals surface area contributed by atoms with Crippen LogP contribution in [0.1, 0.15) is 40.8 Å². The van der Waals surface area contributed by atoms with E-state index in [-0.39, 0.29) is 11.4 Å². The summed E-state index contributed by atoms with van der Waals surface area (Å²) in [6.45, 7) is 1.70. The van der Waals surface area contributed by atoms with E-state index >= 15 is 0 Å². The van der Waals surface area contributed by atoms with Crippen molar-refractivity contribution in [1.29, 1.82) is 0 Å². The average Bonchev–Trinajstić information content (AvgIpc) is 2.91. The predicted octanol–water partition coefficient (Wildman–Crippen LogP) is 0.943. The number of nitrogens with two attached hydrogens (primary N) is 1. The van der Waals surface area contributed by atoms with E-state index in [2.05, 4.69) is 9.97 Å². The van der Waals surface area contributed by atoms with Crippen LogP contribution in [-0.4, -0.2) is 21.0 Å². The van der Waals surface area contributed by atoms with Gasteiger partial charge in [0.2, 0.25) is 0 Å². The molecular formula is C9H11N3O2. The zero-order valence-electron chi connectivity index (χ0n) is 7.82. The molecule has 0 aliphatic heterocycles. The number of rotatable bonds is 2. The Labute approximate surface area is 81.0 Å². The molecule has 0 bridgehead atoms. The maximum atomic E-state index is 10.8. The second-order valence-electron chi connectivity index (χ2n) is 3.51. The van der Waals surface area contributed by atoms with Crippen molar-refractivity contribution in [3.63, 3.8) is 0 Å². The maximum Gasteiger partial charge on any atom is 0.356 e. The summed E-state index contributed by atoms with van der Waals surface area (Å²) in [7, 11) is 0. The smallest absolute Gasteiger partial charge is 0.356 e. The molecule has 1 aliphatic rings. The van der Waals surface area contributed by atoms with Gasteiger partial charge in [0, 0.05) is 5.92 Å². The molecule has 0 unspecified atom stereocenters. The van der Waals surface area contributed by atoms with Gasteiger partial charge in [-0.15, -0.1) is 0 Å². The summed E-state index contributed by atoms with van der Waals surface area (Å²) < 4.78 is 0. The normalized spacial score (nSPS) is 15.5. The average molecular weight is 193 g/mol. The van der Waals surface area contributed by atoms with Crippen LogP contribution in [0.25, 0.3) is 0 Å². The fourth-order valence-electron chi connectivity index (χ4n) is 1.29. The number of aryl methyl sites for hydroxylation is 1. The molecule has 14 heavy (non-hydrogen) atoms. The lowest BCUT2D eigenvalue weighted by molar-refractivity contribution is 0.0691. The third-order valence-corrected chi connectivity index (χ3v) is 2.30. The molecule has 1 saturated carbocycles. The largest absolute Gasteiger partial charge is 0.476 e. The third kappa shape index (κ3) is 1.41. The van der Waals surface area contributed by atoms with Gasteiger partial charge in [-0.05, 0) is 19.8 Å². The highest BCUT2D eigenvalue weighted by Crippen LogP contribution is 2.38. The molecule has 3 N–H and O–H groups in total. The van der Waals surface area contributed by atoms with Crippen LogP contribution in [0.15, 0.2) is 0 Å². The van der Waals surface area contributed by atoms with Gasteiger partial charge in [-0.25, -0.2) is 14.8 Å². The van der Waals surface area contributed by atoms with E-state index in [9.17, 15) is 4.79 Å². The Morgan fingerprint density at radius 2 is 2.14 bits per heavy atom. The van der Waals surface area contributed by atoms with Crippen molar-refractivity contribution < 1.29 is 9.90 Å². The van der Waals surface area contributed by atoms with Crippen LogP contribution < -0.4 is 5.73 Å². The highest BCUT2D eigenvalue weighted by Gasteiger charge is 2.28. The van der Waals surface area contributed by atoms with Crippen LogP contribution in [-0.2, 0) is 0 Å². The van der Waals surface area contributed by atoms with Crippen molar-refractivity contribution in [3.8, 4) is 0 Å². The Bertz CT molecular complexity index is 399. The summed E-state index contributed by atoms with van der Waals surface area (Å²) in [5, 5.41) is 8.85. The Morgan fingerprint density at radius 1 is 1.50 bits per heavy atom. The number of hydrogen-bond acceptors (Lipinski definition) is 4. The minimum absolute atomic E-state index is 0.0700. The van der Waals surface area contributed by atoms with Gasteiger partial charge < -0.3 is 10.8 Å². The molecule has 1 aromatic rings. The number of carboxylic acid groups (broad SMARTS) is 1. The topological polar surface area (TPSA) is 89.1 Å². The van der Waals surface area contributed by atoms with E-state index in [1.807, 2.05) is 0 Å². The molecule has 1 aliphatic carbocycles. The van der Waals surface area contributed by atoms with Crippen LogP contribution >= 0.6 is 0 Å². The van der Waals surface area contributed by atoms with E-state index < -0.39 is 5.97 Å². The summed E-state index contributed by atoms with van der Waals surface area (Å²) in [6, 6.07) is 0. The van der Waals surface area contributed by atoms with E-state index in [4.69, 9.17) is 10.8 Å². The minimum atomic E-state index is -1.09. The van der Waals surface area contributed by atoms with E-state index in [0.29, 0.717) is 17.4 Å². The molecule has 0 saturated heterocycles. The number of hydrogen-bond donors (Lipinski definition) is 2. The van der Waals surface area contributed by atoms with Gasteiger partial charge in [-0.1, -0.05) is 0 Å². The van der Waals surface area contributed by atoms with Crippen LogP contribution in [0, 0.1) is 6.92 Å². The standard InChI is InChI=1S/C9H11N3O2/c1-4-6(10)7(9(13)14)12-8(11-4)5-2-3-5/h5H,2-3,10H2,1H3,(H,13,14). The van der Waals surface area contributed by atoms with Crippen LogP contribution in [0.2, 0.25) is 0 Å². The molecule has 0 spiro atoms. The zero-order chi connectivity index (χ0) is 10.3. The summed E-state index contributed by atoms with van der Waals surface area (Å²) in [5.41, 5.74) is 6.22. The van der Waals surface area contributed by atoms with Crippen LogP contribution in [0.4, 0.5) is 5.69 Å². The molecule has 1 heterocycles. The minimum Gasteiger partial charge on any atom is -0.476 e. The lowest BCUT2D eigenvalue weighted by atomic mass is 10.2. The fourth-order valence-corrected chi connectivity index (χ4v) is 1.29. The summed E-state index contributed by atoms with van der Waals surface area (Å²) in [4.78, 5) is 18.9. The van der Waals surface area contributed by atoms with E-state index in [1.54, 1.807) is 6.92 Å². The molecule has 5 nitrogen and oxygen atoms in total. The van der Waals surface area contributed by atoms with Gasteiger partial charge in [0.1, 0.15) is 5.82 Å². The first-order valence-corrected chi connectivity index (χ1v) is 4.47. The number of carboxylic acids is 1. The van der Waals surface area contributed by atoms with Crippen molar-refractivity contribution >= 4 is 11.7 Å². The van der Waals surface area contributed by atoms with Gasteiger partial charge in [-0.2, -0.15) is 0 Å². The number of carbonyl (C=O) groups is 1. The number of nitrogens with zero attached hydrogens (tertiary/aromatic N) is 2. The Hall–Kier alpha value is -1.65. The van der Waals surface area contributed by atoms with Crippen LogP contribution in [0.5, 0.6) is 0 Å². The first kappa shape index (κ1) is 8.93. The van der Waals surface area contributed by atoms with Crippen molar-refractivity contribution in [1.82, 2.24) is 9.97 Å². The monoisotopic (exact) mass is 193 g/mol. The van der Waals surface area contributed by atoms with Gasteiger partial charge in [0.15, 0.2) is 5.69 Å². The molecule has 5 heteroatoms. The first-order valence-electron chi connectivity index (χ1n) is 4.47. The third-order valence-electron chi connectivity index (χ3n) is 2.30. The van der Waals surface area contributed by atoms with Crippen molar-refractivity contribution in [2.75, 3.05) is 5.73 Å². The molecular weight excluding hydrogens is 182 g/mol. The number of aromatic nitrogens is 2. The summed E-state index contributed by atoms with van der Waals surface area (Å²) in [5.74, 6) is -0.128. The quantitative estimate of drug-likeness (QED) is 0.729. The molecule has 2 rings (SSSR count). The SMILES string of the molecule is Cc1nc(C2CC2)nc(C(=O)O)c1N. The highest BCUT2D eigenvalue weighted by molar-refractivity contribution is 5.91. The Morgan fingerprint density at radius 3 is 2.64 bits per heavy atom. The molecule has 0 atom stereocenters. The van der Waals surface area contributed by atoms with Gasteiger partial charge in [-0.3, -0.25) is 0 Å². The van der Waals surface area contributed by atoms with Gasteiger partial charge in [0.05, 0.1) is 11.4 Å². The van der Waals surface area contributed by atoms with E-state index in [1.165, 1.54) is 0 Å². The lowest BCUT2D eigenvalue weighted by Crippen LogP contribution is -2.11. The maximum absolute atomic E-state index is 10.8. The van der Waals surface area contributed by atoms with Crippen molar-refractivity contribution in [2.24, 2.45) is 0 Å². The van der Waals surface area contributed by atoms with Crippen molar-refractivity contribution in [2.45, 2.75) is 25.7 Å². The molecule has 0 radical (unpaired) electrons. The molecule has 0 amide bonds.